The van der Waals surface area contributed by atoms with Crippen LogP contribution in [0.2, 0.25) is 5.02 Å². The largest absolute Gasteiger partial charge is 0.497 e. The number of aliphatic imine (C=N–C) groups is 1. The number of methoxy groups -OCH3 is 1. The molecule has 0 radical (unpaired) electrons. The van der Waals surface area contributed by atoms with E-state index in [1.807, 2.05) is 48.9 Å². The number of anilines is 5. The van der Waals surface area contributed by atoms with Crippen LogP contribution in [0, 0.1) is 6.92 Å². The number of hydrogen-bond donors (Lipinski definition) is 11. The zero-order valence-corrected chi connectivity index (χ0v) is 73.3. The number of ether oxygens (including phenoxy) is 7. The Bertz CT molecular complexity index is 5330. The molecule has 44 heteroatoms. The highest BCUT2D eigenvalue weighted by molar-refractivity contribution is 6.30. The van der Waals surface area contributed by atoms with Gasteiger partial charge in [-0.25, -0.2) is 19.9 Å². The van der Waals surface area contributed by atoms with Crippen molar-refractivity contribution in [3.05, 3.63) is 167 Å². The van der Waals surface area contributed by atoms with E-state index in [1.54, 1.807) is 81.6 Å². The molecule has 0 unspecified atom stereocenters. The Morgan fingerprint density at radius 2 is 0.930 bits per heavy atom. The molecular weight excluding hydrogens is 1680 g/mol. The molecule has 0 fully saturated rings. The van der Waals surface area contributed by atoms with Crippen molar-refractivity contribution in [3.8, 4) is 17.2 Å². The summed E-state index contributed by atoms with van der Waals surface area (Å²) in [5.74, 6) is -2.40. The van der Waals surface area contributed by atoms with Crippen LogP contribution in [-0.4, -0.2) is 272 Å². The maximum Gasteiger partial charge on any atom is 0.292 e. The number of fused-ring (bicyclic) bond motifs is 3. The van der Waals surface area contributed by atoms with Crippen LogP contribution < -0.4 is 68.0 Å². The van der Waals surface area contributed by atoms with Gasteiger partial charge in [-0.3, -0.25) is 62.3 Å². The van der Waals surface area contributed by atoms with Crippen LogP contribution in [0.25, 0.3) is 5.69 Å². The fourth-order valence-corrected chi connectivity index (χ4v) is 13.1. The molecule has 0 bridgehead atoms. The number of hydrogen-bond acceptors (Lipinski definition) is 26. The molecule has 11 N–H and O–H groups in total. The standard InChI is InChI=1S/C84H108ClN25O18/c1-54-102-103-75-62(95-74(55-11-13-56(85)14-12-55)61-48-60(122-8)19-20-63(61)110(54)75)49-73(116)93-57-15-17-59(18-16-57)128-46-45-127-44-43-126-42-41-125-40-39-124-38-37-123-36-25-70(113)87-27-10-34-104(2)33-9-26-86-68(111)21-28-88-69(112)22-29-91-81(118)77-98-65(51-107(77)5)96-72(115)24-31-92-82(119)78-100-67(53-108(78)6)101-84(121)79-99-66(52-109(79)7)97-71(114)23-30-90-80(117)64-47-58(50-106(64)4)94-83(120)76-89-32-35-105(76)3/h11-20,32,35,47-48,50-53,62H,9-10,21-31,33-34,36-46,49H2,1-8H3,(H,86,111)(H,87,113)(H,88,112)(H,90,117)(H,91,118)(H,92,119)(H,93,116)(H,94,120)(H,96,115)(H,97,114)(H,101,121)/t62-/m1/s1. The number of nitrogens with one attached hydrogen (secondary N) is 11. The monoisotopic (exact) mass is 1790 g/mol. The highest BCUT2D eigenvalue weighted by atomic mass is 35.5. The van der Waals surface area contributed by atoms with Crippen molar-refractivity contribution in [1.82, 2.24) is 94.3 Å². The van der Waals surface area contributed by atoms with Gasteiger partial charge in [0.2, 0.25) is 52.9 Å². The summed E-state index contributed by atoms with van der Waals surface area (Å²) in [7, 11) is 11.5. The summed E-state index contributed by atoms with van der Waals surface area (Å²) in [6.07, 6.45) is 10.2. The van der Waals surface area contributed by atoms with E-state index in [0.29, 0.717) is 137 Å². The normalized spacial score (nSPS) is 12.1. The number of imidazole rings is 4. The fourth-order valence-electron chi connectivity index (χ4n) is 13.0. The van der Waals surface area contributed by atoms with E-state index in [0.717, 1.165) is 29.8 Å². The van der Waals surface area contributed by atoms with E-state index in [9.17, 15) is 52.7 Å². The van der Waals surface area contributed by atoms with Gasteiger partial charge in [-0.15, -0.1) is 10.2 Å². The van der Waals surface area contributed by atoms with Gasteiger partial charge in [0.1, 0.15) is 35.7 Å². The Hall–Kier alpha value is -13.6. The van der Waals surface area contributed by atoms with Gasteiger partial charge in [0, 0.05) is 166 Å². The fraction of sp³-hybridized carbons (Fsp3) is 0.429. The minimum absolute atomic E-state index is 0.000968. The number of amides is 11. The summed E-state index contributed by atoms with van der Waals surface area (Å²) in [6, 6.07) is 21.0. The quantitative estimate of drug-likeness (QED) is 0.0243. The predicted octanol–water partition coefficient (Wildman–Crippen LogP) is 3.58. The molecule has 1 aliphatic rings. The summed E-state index contributed by atoms with van der Waals surface area (Å²) in [5, 5.41) is 39.1. The molecule has 1 atom stereocenters. The average molecular weight is 1790 g/mol. The lowest BCUT2D eigenvalue weighted by atomic mass is 10.00. The number of rotatable bonds is 53. The minimum Gasteiger partial charge on any atom is -0.497 e. The number of halogens is 1. The zero-order valence-electron chi connectivity index (χ0n) is 72.5. The maximum atomic E-state index is 13.6. The molecule has 1 aliphatic heterocycles. The van der Waals surface area contributed by atoms with Crippen LogP contribution in [0.1, 0.15) is 133 Å². The molecule has 3 aromatic carbocycles. The number of aromatic nitrogens is 12. The molecule has 0 aliphatic carbocycles. The van der Waals surface area contributed by atoms with E-state index >= 15 is 0 Å². The summed E-state index contributed by atoms with van der Waals surface area (Å²) in [5.41, 5.74) is 4.31. The molecule has 43 nitrogen and oxygen atoms in total. The van der Waals surface area contributed by atoms with Crippen LogP contribution in [0.15, 0.2) is 115 Å². The number of carbonyl (C=O) groups is 11. The van der Waals surface area contributed by atoms with Gasteiger partial charge in [-0.2, -0.15) is 0 Å². The van der Waals surface area contributed by atoms with Crippen molar-refractivity contribution >= 4 is 111 Å². The molecule has 0 spiro atoms. The van der Waals surface area contributed by atoms with Gasteiger partial charge in [0.25, 0.3) is 29.5 Å². The van der Waals surface area contributed by atoms with Crippen LogP contribution in [0.4, 0.5) is 28.8 Å². The summed E-state index contributed by atoms with van der Waals surface area (Å²) >= 11 is 6.25. The van der Waals surface area contributed by atoms with E-state index in [4.69, 9.17) is 49.8 Å². The maximum absolute atomic E-state index is 13.6. The van der Waals surface area contributed by atoms with Crippen LogP contribution in [0.3, 0.4) is 0 Å². The Morgan fingerprint density at radius 1 is 0.445 bits per heavy atom. The molecule has 7 heterocycles. The van der Waals surface area contributed by atoms with Gasteiger partial charge in [0.05, 0.1) is 96.7 Å². The van der Waals surface area contributed by atoms with Gasteiger partial charge in [-0.05, 0) is 101 Å². The Balaban J connectivity index is 0.469. The summed E-state index contributed by atoms with van der Waals surface area (Å²) in [4.78, 5) is 165. The highest BCUT2D eigenvalue weighted by Crippen LogP contribution is 2.35. The van der Waals surface area contributed by atoms with Crippen LogP contribution in [0.5, 0.6) is 11.5 Å². The first-order valence-electron chi connectivity index (χ1n) is 41.4. The lowest BCUT2D eigenvalue weighted by molar-refractivity contribution is -0.123. The third-order valence-corrected chi connectivity index (χ3v) is 19.7. The topological polar surface area (TPSA) is 507 Å². The summed E-state index contributed by atoms with van der Waals surface area (Å²) < 4.78 is 48.5. The molecule has 9 aromatic rings. The molecule has 10 rings (SSSR count). The Labute approximate surface area is 742 Å². The first-order valence-corrected chi connectivity index (χ1v) is 41.8. The Morgan fingerprint density at radius 3 is 1.48 bits per heavy atom. The van der Waals surface area contributed by atoms with Crippen molar-refractivity contribution in [2.75, 3.05) is 166 Å². The van der Waals surface area contributed by atoms with E-state index in [1.165, 1.54) is 63.2 Å². The lowest BCUT2D eigenvalue weighted by Gasteiger charge is -2.17. The minimum atomic E-state index is -0.710. The van der Waals surface area contributed by atoms with Crippen molar-refractivity contribution in [3.63, 3.8) is 0 Å². The van der Waals surface area contributed by atoms with E-state index in [2.05, 4.69) is 93.5 Å². The van der Waals surface area contributed by atoms with Gasteiger partial charge in [-0.1, -0.05) is 23.7 Å². The third kappa shape index (κ3) is 30.1. The van der Waals surface area contributed by atoms with Crippen molar-refractivity contribution in [2.24, 2.45) is 40.2 Å². The van der Waals surface area contributed by atoms with Crippen LogP contribution >= 0.6 is 11.6 Å². The Kier molecular flexibility index (Phi) is 37.3. The number of carbonyl (C=O) groups excluding carboxylic acids is 11. The molecule has 6 aromatic heterocycles. The van der Waals surface area contributed by atoms with Crippen molar-refractivity contribution < 1.29 is 85.9 Å². The molecule has 11 amide bonds. The number of aryl methyl sites for hydroxylation is 6. The average Bonchev–Trinajstić information content (AvgIpc) is 1.60. The van der Waals surface area contributed by atoms with E-state index in [-0.39, 0.29) is 141 Å². The highest BCUT2D eigenvalue weighted by Gasteiger charge is 2.31. The van der Waals surface area contributed by atoms with E-state index < -0.39 is 47.4 Å². The smallest absolute Gasteiger partial charge is 0.292 e. The predicted molar refractivity (Wildman–Crippen MR) is 469 cm³/mol. The summed E-state index contributed by atoms with van der Waals surface area (Å²) in [6.45, 7) is 8.10. The SMILES string of the molecule is COc1ccc2c(c1)C(c1ccc(Cl)cc1)=N[C@H](CC(=O)Nc1ccc(OCCOCCOCCOCCOCCOCCC(=O)NCCCN(C)CCCNC(=O)CCNC(=O)CCNC(=O)c3nc(NC(=O)CCNC(=O)c4nc(NC(=O)c5nc(NC(=O)CCNC(=O)c6cc(NC(=O)c7nccn7C)cn6C)cn5C)cn4C)cn3C)cc1)c1nnc(C)n1-2. The first-order chi connectivity index (χ1) is 61.7. The number of nitrogens with zero attached hydrogens (tertiary/aromatic N) is 14. The van der Waals surface area contributed by atoms with Crippen molar-refractivity contribution in [1.29, 1.82) is 0 Å². The van der Waals surface area contributed by atoms with Gasteiger partial charge >= 0.3 is 0 Å². The molecule has 0 saturated heterocycles. The van der Waals surface area contributed by atoms with Gasteiger partial charge < -0.3 is 119 Å². The van der Waals surface area contributed by atoms with Crippen molar-refractivity contribution in [2.45, 2.75) is 64.3 Å². The molecule has 684 valence electrons. The second kappa shape index (κ2) is 49.3. The number of benzene rings is 3. The second-order valence-electron chi connectivity index (χ2n) is 29.4. The lowest BCUT2D eigenvalue weighted by Crippen LogP contribution is -2.34. The third-order valence-electron chi connectivity index (χ3n) is 19.4. The van der Waals surface area contributed by atoms with Crippen LogP contribution in [-0.2, 0) is 87.7 Å². The molecule has 128 heavy (non-hydrogen) atoms. The molecule has 0 saturated carbocycles. The zero-order chi connectivity index (χ0) is 91.4. The first kappa shape index (κ1) is 96.6. The van der Waals surface area contributed by atoms with Gasteiger partial charge in [0.15, 0.2) is 29.1 Å². The molecular formula is C84H108ClN25O18. The second-order valence-corrected chi connectivity index (χ2v) is 29.8.